The summed E-state index contributed by atoms with van der Waals surface area (Å²) in [4.78, 5) is 0. The zero-order valence-corrected chi connectivity index (χ0v) is 9.70. The van der Waals surface area contributed by atoms with Crippen molar-refractivity contribution in [3.8, 4) is 0 Å². The molecule has 0 aromatic heterocycles. The first-order chi connectivity index (χ1) is 7.87. The Balaban J connectivity index is 0. The number of hydrogen-bond acceptors (Lipinski definition) is 0. The fourth-order valence-corrected chi connectivity index (χ4v) is 0.852. The second-order valence-electron chi connectivity index (χ2n) is 3.02. The molecular formula is C6AgF13. The van der Waals surface area contributed by atoms with E-state index in [4.69, 9.17) is 0 Å². The van der Waals surface area contributed by atoms with Crippen molar-refractivity contribution in [2.24, 2.45) is 0 Å². The Kier molecular flexibility index (Phi) is 6.14. The minimum absolute atomic E-state index is 0. The van der Waals surface area contributed by atoms with E-state index in [9.17, 15) is 57.1 Å². The molecule has 0 saturated carbocycles. The monoisotopic (exact) mass is 426 g/mol. The molecule has 0 nitrogen and oxygen atoms in total. The largest absolute Gasteiger partial charge is 1.00 e. The smallest absolute Gasteiger partial charge is 0.236 e. The topological polar surface area (TPSA) is 0 Å². The molecule has 20 heavy (non-hydrogen) atoms. The summed E-state index contributed by atoms with van der Waals surface area (Å²) in [5.74, 6) is -20.2. The van der Waals surface area contributed by atoms with Gasteiger partial charge in [0, 0.05) is 0 Å². The summed E-state index contributed by atoms with van der Waals surface area (Å²) < 4.78 is 154. The van der Waals surface area contributed by atoms with Crippen LogP contribution in [0, 0.1) is 5.92 Å². The van der Waals surface area contributed by atoms with Crippen molar-refractivity contribution in [1.82, 2.24) is 0 Å². The van der Waals surface area contributed by atoms with Gasteiger partial charge in [-0.25, -0.2) is 35.1 Å². The van der Waals surface area contributed by atoms with Crippen molar-refractivity contribution in [3.63, 3.8) is 0 Å². The molecular weight excluding hydrogens is 427 g/mol. The molecule has 0 rings (SSSR count). The van der Waals surface area contributed by atoms with E-state index >= 15 is 0 Å². The Morgan fingerprint density at radius 1 is 0.500 bits per heavy atom. The maximum absolute atomic E-state index is 12.4. The number of rotatable bonds is 2. The molecule has 0 heterocycles. The molecule has 0 N–H and O–H groups in total. The van der Waals surface area contributed by atoms with Gasteiger partial charge in [-0.15, -0.1) is 0 Å². The zero-order valence-electron chi connectivity index (χ0n) is 8.22. The minimum Gasteiger partial charge on any atom is -0.236 e. The van der Waals surface area contributed by atoms with Gasteiger partial charge >= 0.3 is 34.5 Å². The van der Waals surface area contributed by atoms with Crippen molar-refractivity contribution in [3.05, 3.63) is 5.92 Å². The molecule has 0 atom stereocenters. The van der Waals surface area contributed by atoms with E-state index in [0.29, 0.717) is 0 Å². The molecule has 0 radical (unpaired) electrons. The zero-order chi connectivity index (χ0) is 16.1. The maximum Gasteiger partial charge on any atom is 1.00 e. The fourth-order valence-electron chi connectivity index (χ4n) is 0.852. The third-order valence-electron chi connectivity index (χ3n) is 1.63. The standard InChI is InChI=1S/C6F13.Ag/c7-2(8,5(15,16)6(17,18)19)1(3(9,10)11)4(12,13)14;/q-1;+1. The number of alkyl halides is 13. The normalized spacial score (nSPS) is 15.3. The summed E-state index contributed by atoms with van der Waals surface area (Å²) in [7, 11) is 0. The van der Waals surface area contributed by atoms with Crippen LogP contribution in [0.4, 0.5) is 57.1 Å². The van der Waals surface area contributed by atoms with E-state index in [1.54, 1.807) is 0 Å². The van der Waals surface area contributed by atoms with Gasteiger partial charge in [0.2, 0.25) is 5.92 Å². The van der Waals surface area contributed by atoms with Crippen LogP contribution in [0.25, 0.3) is 0 Å². The number of halogens is 13. The molecule has 0 spiro atoms. The summed E-state index contributed by atoms with van der Waals surface area (Å²) in [6.45, 7) is 0. The van der Waals surface area contributed by atoms with Crippen molar-refractivity contribution in [1.29, 1.82) is 0 Å². The first-order valence-electron chi connectivity index (χ1n) is 3.71. The first-order valence-corrected chi connectivity index (χ1v) is 3.71. The molecule has 0 bridgehead atoms. The molecule has 0 aromatic carbocycles. The Morgan fingerprint density at radius 3 is 0.900 bits per heavy atom. The molecule has 0 unspecified atom stereocenters. The SMILES string of the molecule is FC(F)(F)[C-](C(F)(F)F)C(F)(F)C(F)(F)C(F)(F)F.[Ag+]. The van der Waals surface area contributed by atoms with Crippen LogP contribution in [-0.4, -0.2) is 30.4 Å². The van der Waals surface area contributed by atoms with Gasteiger partial charge in [-0.1, -0.05) is 0 Å². The fraction of sp³-hybridized carbons (Fsp3) is 0.833. The van der Waals surface area contributed by atoms with Crippen LogP contribution in [-0.2, 0) is 22.4 Å². The van der Waals surface area contributed by atoms with E-state index < -0.39 is 36.3 Å². The molecule has 0 aliphatic heterocycles. The number of hydrogen-bond donors (Lipinski definition) is 0. The third-order valence-corrected chi connectivity index (χ3v) is 1.63. The average Bonchev–Trinajstić information content (AvgIpc) is 1.92. The van der Waals surface area contributed by atoms with Gasteiger partial charge < -0.3 is 0 Å². The Labute approximate surface area is 116 Å². The maximum atomic E-state index is 12.4. The van der Waals surface area contributed by atoms with E-state index in [-0.39, 0.29) is 22.4 Å². The van der Waals surface area contributed by atoms with Crippen LogP contribution in [0.15, 0.2) is 0 Å². The Morgan fingerprint density at radius 2 is 0.750 bits per heavy atom. The van der Waals surface area contributed by atoms with Gasteiger partial charge in [0.15, 0.2) is 0 Å². The van der Waals surface area contributed by atoms with E-state index in [0.717, 1.165) is 0 Å². The summed E-state index contributed by atoms with van der Waals surface area (Å²) in [6.07, 6.45) is -21.6. The van der Waals surface area contributed by atoms with Crippen molar-refractivity contribution >= 4 is 0 Å². The molecule has 14 heteroatoms. The molecule has 0 aromatic rings. The molecule has 0 fully saturated rings. The molecule has 126 valence electrons. The molecule has 0 amide bonds. The van der Waals surface area contributed by atoms with Gasteiger partial charge in [0.25, 0.3) is 12.4 Å². The first kappa shape index (κ1) is 22.1. The Hall–Kier alpha value is -0.170. The molecule has 0 aliphatic rings. The summed E-state index contributed by atoms with van der Waals surface area (Å²) in [5.41, 5.74) is 0. The summed E-state index contributed by atoms with van der Waals surface area (Å²) >= 11 is 0. The minimum atomic E-state index is -7.54. The second-order valence-corrected chi connectivity index (χ2v) is 3.02. The third kappa shape index (κ3) is 3.93. The van der Waals surface area contributed by atoms with Gasteiger partial charge in [0.05, 0.1) is 0 Å². The van der Waals surface area contributed by atoms with Crippen LogP contribution in [0.3, 0.4) is 0 Å². The van der Waals surface area contributed by atoms with Crippen LogP contribution in [0.1, 0.15) is 0 Å². The van der Waals surface area contributed by atoms with Crippen molar-refractivity contribution in [2.75, 3.05) is 0 Å². The predicted octanol–water partition coefficient (Wildman–Crippen LogP) is 4.52. The predicted molar refractivity (Wildman–Crippen MR) is 31.3 cm³/mol. The van der Waals surface area contributed by atoms with E-state index in [1.807, 2.05) is 0 Å². The van der Waals surface area contributed by atoms with Gasteiger partial charge in [-0.3, -0.25) is 0 Å². The van der Waals surface area contributed by atoms with Crippen molar-refractivity contribution < 1.29 is 79.5 Å². The van der Waals surface area contributed by atoms with Crippen LogP contribution in [0.2, 0.25) is 0 Å². The van der Waals surface area contributed by atoms with Crippen LogP contribution >= 0.6 is 0 Å². The van der Waals surface area contributed by atoms with E-state index in [2.05, 4.69) is 0 Å². The van der Waals surface area contributed by atoms with Crippen LogP contribution < -0.4 is 0 Å². The quantitative estimate of drug-likeness (QED) is 0.346. The van der Waals surface area contributed by atoms with Crippen LogP contribution in [0.5, 0.6) is 0 Å². The van der Waals surface area contributed by atoms with Gasteiger partial charge in [0.1, 0.15) is 0 Å². The summed E-state index contributed by atoms with van der Waals surface area (Å²) in [6, 6.07) is 0. The van der Waals surface area contributed by atoms with Gasteiger partial charge in [-0.05, 0) is 5.92 Å². The van der Waals surface area contributed by atoms with E-state index in [1.165, 1.54) is 0 Å². The average molecular weight is 427 g/mol. The van der Waals surface area contributed by atoms with Crippen molar-refractivity contribution in [2.45, 2.75) is 30.4 Å². The second kappa shape index (κ2) is 5.55. The molecule has 0 saturated heterocycles. The van der Waals surface area contributed by atoms with Gasteiger partial charge in [-0.2, -0.15) is 22.0 Å². The Bertz CT molecular complexity index is 305. The molecule has 0 aliphatic carbocycles. The summed E-state index contributed by atoms with van der Waals surface area (Å²) in [5, 5.41) is 0.